The highest BCUT2D eigenvalue weighted by Gasteiger charge is 2.41. The third kappa shape index (κ3) is 4.94. The average Bonchev–Trinajstić information content (AvgIpc) is 3.96. The maximum Gasteiger partial charge on any atom is 0.179 e. The van der Waals surface area contributed by atoms with Gasteiger partial charge in [0.05, 0.1) is 27.5 Å². The van der Waals surface area contributed by atoms with Gasteiger partial charge in [0.15, 0.2) is 8.07 Å². The zero-order chi connectivity index (χ0) is 39.1. The summed E-state index contributed by atoms with van der Waals surface area (Å²) in [4.78, 5) is 0. The summed E-state index contributed by atoms with van der Waals surface area (Å²) in [6.45, 7) is 2.17. The molecule has 3 aromatic heterocycles. The van der Waals surface area contributed by atoms with Crippen molar-refractivity contribution in [3.63, 3.8) is 0 Å². The topological polar surface area (TPSA) is 23.0 Å². The normalized spacial score (nSPS) is 12.2. The number of rotatable bonds is 6. The van der Waals surface area contributed by atoms with Crippen molar-refractivity contribution in [2.24, 2.45) is 0 Å². The van der Waals surface area contributed by atoms with Crippen molar-refractivity contribution in [2.75, 3.05) is 0 Å². The average molecular weight is 771 g/mol. The Balaban J connectivity index is 1.06. The Morgan fingerprint density at radius 2 is 0.831 bits per heavy atom. The van der Waals surface area contributed by atoms with Gasteiger partial charge in [-0.15, -0.1) is 0 Å². The summed E-state index contributed by atoms with van der Waals surface area (Å²) >= 11 is 0. The zero-order valence-electron chi connectivity index (χ0n) is 32.5. The second-order valence-electron chi connectivity index (χ2n) is 15.7. The molecule has 59 heavy (non-hydrogen) atoms. The predicted molar refractivity (Wildman–Crippen MR) is 251 cm³/mol. The molecule has 3 heterocycles. The molecular formula is C55H38N2OSi. The van der Waals surface area contributed by atoms with Gasteiger partial charge in [0, 0.05) is 38.3 Å². The van der Waals surface area contributed by atoms with Crippen LogP contribution in [0.3, 0.4) is 0 Å². The van der Waals surface area contributed by atoms with Crippen LogP contribution in [0.5, 0.6) is 0 Å². The molecular weight excluding hydrogens is 733 g/mol. The number of hydrogen-bond donors (Lipinski definition) is 0. The highest BCUT2D eigenvalue weighted by molar-refractivity contribution is 7.19. The quantitative estimate of drug-likeness (QED) is 0.122. The molecule has 0 saturated heterocycles. The summed E-state index contributed by atoms with van der Waals surface area (Å²) in [5.41, 5.74) is 10.1. The van der Waals surface area contributed by atoms with Gasteiger partial charge in [0.1, 0.15) is 11.2 Å². The van der Waals surface area contributed by atoms with Crippen molar-refractivity contribution in [3.05, 3.63) is 218 Å². The van der Waals surface area contributed by atoms with Crippen LogP contribution in [-0.2, 0) is 0 Å². The fourth-order valence-electron chi connectivity index (χ4n) is 9.98. The van der Waals surface area contributed by atoms with Crippen molar-refractivity contribution >= 4 is 94.4 Å². The second kappa shape index (κ2) is 13.1. The van der Waals surface area contributed by atoms with E-state index in [1.54, 1.807) is 0 Å². The summed E-state index contributed by atoms with van der Waals surface area (Å²) in [6, 6.07) is 78.4. The summed E-state index contributed by atoms with van der Waals surface area (Å²) in [6.07, 6.45) is 0. The van der Waals surface area contributed by atoms with Gasteiger partial charge in [-0.1, -0.05) is 151 Å². The maximum absolute atomic E-state index is 6.60. The Hall–Kier alpha value is -7.40. The van der Waals surface area contributed by atoms with Crippen molar-refractivity contribution in [1.29, 1.82) is 0 Å². The largest absolute Gasteiger partial charge is 0.455 e. The standard InChI is InChI=1S/C55H38N2OSi/c1-37-24-34-51-48(36-37)44-18-8-11-21-49(44)56(51)38-25-29-42(30-26-38)59(40-14-4-2-5-15-40,41-16-6-3-7-17-41)43-31-27-39(28-32-43)57-50-22-12-9-20-47(50)54-52(57)35-33-46-45-19-10-13-23-53(45)58-55(46)54/h2-36H,1H3. The number of para-hydroxylation sites is 3. The molecule has 4 heteroatoms. The first-order chi connectivity index (χ1) is 29.2. The lowest BCUT2D eigenvalue weighted by molar-refractivity contribution is 0.673. The summed E-state index contributed by atoms with van der Waals surface area (Å²) in [5, 5.41) is 12.6. The molecule has 9 aromatic carbocycles. The van der Waals surface area contributed by atoms with Gasteiger partial charge in [0.25, 0.3) is 0 Å². The van der Waals surface area contributed by atoms with Gasteiger partial charge in [0.2, 0.25) is 0 Å². The minimum absolute atomic E-state index is 0.914. The third-order valence-corrected chi connectivity index (χ3v) is 17.3. The van der Waals surface area contributed by atoms with Crippen LogP contribution in [0, 0.1) is 6.92 Å². The van der Waals surface area contributed by atoms with Crippen molar-refractivity contribution < 1.29 is 4.42 Å². The molecule has 278 valence electrons. The van der Waals surface area contributed by atoms with E-state index in [0.29, 0.717) is 0 Å². The number of furan rings is 1. The van der Waals surface area contributed by atoms with Crippen LogP contribution in [-0.4, -0.2) is 17.2 Å². The van der Waals surface area contributed by atoms with Crippen LogP contribution in [0.15, 0.2) is 217 Å². The number of nitrogens with zero attached hydrogens (tertiary/aromatic N) is 2. The molecule has 0 aliphatic heterocycles. The SMILES string of the molecule is Cc1ccc2c(c1)c1ccccc1n2-c1ccc([Si](c2ccccc2)(c2ccccc2)c2ccc(-n3c4ccccc4c4c5oc6ccccc6c5ccc43)cc2)cc1. The molecule has 12 aromatic rings. The molecule has 0 bridgehead atoms. The van der Waals surface area contributed by atoms with Crippen LogP contribution in [0.25, 0.3) is 76.9 Å². The first-order valence-electron chi connectivity index (χ1n) is 20.3. The van der Waals surface area contributed by atoms with Crippen molar-refractivity contribution in [2.45, 2.75) is 6.92 Å². The van der Waals surface area contributed by atoms with Crippen LogP contribution >= 0.6 is 0 Å². The van der Waals surface area contributed by atoms with E-state index in [-0.39, 0.29) is 0 Å². The number of hydrogen-bond acceptors (Lipinski definition) is 1. The minimum atomic E-state index is -2.83. The molecule has 0 aliphatic carbocycles. The van der Waals surface area contributed by atoms with E-state index < -0.39 is 8.07 Å². The molecule has 0 amide bonds. The van der Waals surface area contributed by atoms with E-state index >= 15 is 0 Å². The Kier molecular flexibility index (Phi) is 7.47. The maximum atomic E-state index is 6.60. The Morgan fingerprint density at radius 1 is 0.356 bits per heavy atom. The molecule has 0 radical (unpaired) electrons. The number of aromatic nitrogens is 2. The third-order valence-electron chi connectivity index (χ3n) is 12.5. The number of benzene rings is 9. The predicted octanol–water partition coefficient (Wildman–Crippen LogP) is 11.5. The summed E-state index contributed by atoms with van der Waals surface area (Å²) < 4.78 is 11.4. The van der Waals surface area contributed by atoms with E-state index in [9.17, 15) is 0 Å². The molecule has 0 N–H and O–H groups in total. The van der Waals surface area contributed by atoms with Crippen molar-refractivity contribution in [3.8, 4) is 11.4 Å². The van der Waals surface area contributed by atoms with Crippen LogP contribution < -0.4 is 20.7 Å². The summed E-state index contributed by atoms with van der Waals surface area (Å²) in [5.74, 6) is 0. The molecule has 0 atom stereocenters. The van der Waals surface area contributed by atoms with Gasteiger partial charge in [-0.25, -0.2) is 0 Å². The molecule has 0 spiro atoms. The fraction of sp³-hybridized carbons (Fsp3) is 0.0182. The van der Waals surface area contributed by atoms with Crippen LogP contribution in [0.4, 0.5) is 0 Å². The molecule has 0 unspecified atom stereocenters. The second-order valence-corrected chi connectivity index (χ2v) is 19.5. The van der Waals surface area contributed by atoms with Crippen LogP contribution in [0.2, 0.25) is 0 Å². The van der Waals surface area contributed by atoms with E-state index in [1.807, 2.05) is 6.07 Å². The Bertz CT molecular complexity index is 3500. The number of fused-ring (bicyclic) bond motifs is 10. The van der Waals surface area contributed by atoms with E-state index in [2.05, 4.69) is 222 Å². The van der Waals surface area contributed by atoms with E-state index in [4.69, 9.17) is 4.42 Å². The van der Waals surface area contributed by atoms with Crippen LogP contribution in [0.1, 0.15) is 5.56 Å². The Labute approximate surface area is 342 Å². The minimum Gasteiger partial charge on any atom is -0.455 e. The van der Waals surface area contributed by atoms with Crippen molar-refractivity contribution in [1.82, 2.24) is 9.13 Å². The van der Waals surface area contributed by atoms with E-state index in [1.165, 1.54) is 53.5 Å². The van der Waals surface area contributed by atoms with Gasteiger partial charge >= 0.3 is 0 Å². The van der Waals surface area contributed by atoms with Gasteiger partial charge in [-0.2, -0.15) is 0 Å². The molecule has 12 rings (SSSR count). The van der Waals surface area contributed by atoms with E-state index in [0.717, 1.165) is 49.7 Å². The molecule has 3 nitrogen and oxygen atoms in total. The van der Waals surface area contributed by atoms with Gasteiger partial charge in [-0.3, -0.25) is 0 Å². The number of aryl methyl sites for hydroxylation is 1. The smallest absolute Gasteiger partial charge is 0.179 e. The highest BCUT2D eigenvalue weighted by atomic mass is 28.3. The fourth-order valence-corrected chi connectivity index (χ4v) is 14.7. The van der Waals surface area contributed by atoms with Gasteiger partial charge < -0.3 is 13.6 Å². The highest BCUT2D eigenvalue weighted by Crippen LogP contribution is 2.40. The molecule has 0 aliphatic rings. The molecule has 0 fully saturated rings. The lowest BCUT2D eigenvalue weighted by Crippen LogP contribution is -2.74. The lowest BCUT2D eigenvalue weighted by atomic mass is 10.1. The summed E-state index contributed by atoms with van der Waals surface area (Å²) in [7, 11) is -2.83. The molecule has 0 saturated carbocycles. The van der Waals surface area contributed by atoms with Gasteiger partial charge in [-0.05, 0) is 94.4 Å². The Morgan fingerprint density at radius 3 is 1.47 bits per heavy atom. The zero-order valence-corrected chi connectivity index (χ0v) is 33.5. The monoisotopic (exact) mass is 770 g/mol. The first kappa shape index (κ1) is 33.7. The first-order valence-corrected chi connectivity index (χ1v) is 22.3. The lowest BCUT2D eigenvalue weighted by Gasteiger charge is -2.34.